The number of para-hydroxylation sites is 1. The van der Waals surface area contributed by atoms with Crippen LogP contribution in [0.3, 0.4) is 0 Å². The first-order valence-corrected chi connectivity index (χ1v) is 9.57. The van der Waals surface area contributed by atoms with Crippen LogP contribution < -0.4 is 10.1 Å². The summed E-state index contributed by atoms with van der Waals surface area (Å²) in [4.78, 5) is 22.6. The smallest absolute Gasteiger partial charge is 0.287 e. The molecule has 0 fully saturated rings. The zero-order valence-electron chi connectivity index (χ0n) is 16.1. The maximum atomic E-state index is 12.5. The maximum absolute atomic E-state index is 12.5. The fourth-order valence-electron chi connectivity index (χ4n) is 2.78. The molecule has 2 unspecified atom stereocenters. The number of ether oxygens (including phenoxy) is 1. The van der Waals surface area contributed by atoms with Crippen molar-refractivity contribution in [2.45, 2.75) is 18.8 Å². The molecule has 3 rings (SSSR count). The summed E-state index contributed by atoms with van der Waals surface area (Å²) in [6.07, 6.45) is -1.28. The van der Waals surface area contributed by atoms with Gasteiger partial charge in [-0.1, -0.05) is 23.7 Å². The summed E-state index contributed by atoms with van der Waals surface area (Å²) in [5.74, 6) is 0.163. The van der Waals surface area contributed by atoms with Crippen LogP contribution in [-0.4, -0.2) is 33.7 Å². The van der Waals surface area contributed by atoms with Gasteiger partial charge in [-0.2, -0.15) is 0 Å². The molecule has 2 atom stereocenters. The van der Waals surface area contributed by atoms with Crippen LogP contribution >= 0.6 is 11.6 Å². The second-order valence-electron chi connectivity index (χ2n) is 6.54. The van der Waals surface area contributed by atoms with Crippen molar-refractivity contribution in [1.82, 2.24) is 5.32 Å². The van der Waals surface area contributed by atoms with Gasteiger partial charge in [0, 0.05) is 12.1 Å². The van der Waals surface area contributed by atoms with Crippen molar-refractivity contribution < 1.29 is 29.1 Å². The van der Waals surface area contributed by atoms with E-state index in [-0.39, 0.29) is 18.1 Å². The van der Waals surface area contributed by atoms with Crippen molar-refractivity contribution in [3.63, 3.8) is 0 Å². The quantitative estimate of drug-likeness (QED) is 0.339. The number of carbonyl (C=O) groups excluding carboxylic acids is 1. The molecule has 0 aliphatic rings. The number of nitro groups is 1. The minimum Gasteiger partial charge on any atom is -0.484 e. The van der Waals surface area contributed by atoms with E-state index in [9.17, 15) is 25.1 Å². The molecule has 0 radical (unpaired) electrons. The molecule has 1 heterocycles. The normalized spacial score (nSPS) is 12.7. The Morgan fingerprint density at radius 1 is 1.16 bits per heavy atom. The summed E-state index contributed by atoms with van der Waals surface area (Å²) in [6.45, 7) is -0.515. The molecular formula is C21H19ClN2O7. The van der Waals surface area contributed by atoms with E-state index >= 15 is 0 Å². The zero-order valence-corrected chi connectivity index (χ0v) is 16.9. The van der Waals surface area contributed by atoms with Gasteiger partial charge < -0.3 is 24.7 Å². The van der Waals surface area contributed by atoms with Crippen molar-refractivity contribution in [3.05, 3.63) is 92.9 Å². The van der Waals surface area contributed by atoms with Gasteiger partial charge in [0.1, 0.15) is 24.2 Å². The molecule has 0 bridgehead atoms. The highest BCUT2D eigenvalue weighted by Crippen LogP contribution is 2.25. The topological polar surface area (TPSA) is 135 Å². The van der Waals surface area contributed by atoms with Crippen LogP contribution in [0.1, 0.15) is 28.0 Å². The predicted octanol–water partition coefficient (Wildman–Crippen LogP) is 3.24. The number of rotatable bonds is 9. The maximum Gasteiger partial charge on any atom is 0.287 e. The van der Waals surface area contributed by atoms with Crippen LogP contribution in [0.25, 0.3) is 0 Å². The highest BCUT2D eigenvalue weighted by molar-refractivity contribution is 6.32. The van der Waals surface area contributed by atoms with E-state index in [0.717, 1.165) is 0 Å². The lowest BCUT2D eigenvalue weighted by Crippen LogP contribution is -2.41. The first-order valence-electron chi connectivity index (χ1n) is 9.19. The van der Waals surface area contributed by atoms with E-state index in [4.69, 9.17) is 20.8 Å². The Kier molecular flexibility index (Phi) is 7.24. The standard InChI is InChI=1S/C21H19ClN2O7/c22-16-3-1-2-4-18(16)30-12-15-9-10-19(31-15)21(27)23-17(11-25)20(26)13-5-7-14(8-6-13)24(28)29/h1-10,17,20,25-26H,11-12H2,(H,23,27). The van der Waals surface area contributed by atoms with Crippen molar-refractivity contribution in [1.29, 1.82) is 0 Å². The Labute approximate surface area is 182 Å². The van der Waals surface area contributed by atoms with Gasteiger partial charge in [-0.25, -0.2) is 0 Å². The Morgan fingerprint density at radius 3 is 2.52 bits per heavy atom. The molecule has 31 heavy (non-hydrogen) atoms. The average molecular weight is 447 g/mol. The number of nitrogens with zero attached hydrogens (tertiary/aromatic N) is 1. The largest absolute Gasteiger partial charge is 0.484 e. The fourth-order valence-corrected chi connectivity index (χ4v) is 2.97. The number of nitrogens with one attached hydrogen (secondary N) is 1. The highest BCUT2D eigenvalue weighted by atomic mass is 35.5. The molecule has 0 saturated heterocycles. The van der Waals surface area contributed by atoms with Gasteiger partial charge in [-0.15, -0.1) is 0 Å². The molecule has 1 amide bonds. The van der Waals surface area contributed by atoms with Gasteiger partial charge in [0.05, 0.1) is 22.6 Å². The molecule has 10 heteroatoms. The van der Waals surface area contributed by atoms with Gasteiger partial charge in [0.15, 0.2) is 5.76 Å². The third-order valence-corrected chi connectivity index (χ3v) is 4.74. The van der Waals surface area contributed by atoms with Crippen LogP contribution in [0.5, 0.6) is 5.75 Å². The monoisotopic (exact) mass is 446 g/mol. The van der Waals surface area contributed by atoms with Crippen LogP contribution in [0.2, 0.25) is 5.02 Å². The van der Waals surface area contributed by atoms with E-state index in [1.807, 2.05) is 0 Å². The average Bonchev–Trinajstić information content (AvgIpc) is 3.25. The van der Waals surface area contributed by atoms with Gasteiger partial charge in [0.2, 0.25) is 0 Å². The SMILES string of the molecule is O=C(NC(CO)C(O)c1ccc([N+](=O)[O-])cc1)c1ccc(COc2ccccc2Cl)o1. The molecule has 0 spiro atoms. The number of halogens is 1. The van der Waals surface area contributed by atoms with Gasteiger partial charge in [-0.3, -0.25) is 14.9 Å². The number of hydrogen-bond donors (Lipinski definition) is 3. The number of nitro benzene ring substituents is 1. The number of non-ortho nitro benzene ring substituents is 1. The second kappa shape index (κ2) is 10.1. The molecule has 3 aromatic rings. The van der Waals surface area contributed by atoms with Crippen LogP contribution in [0.4, 0.5) is 5.69 Å². The number of aliphatic hydroxyl groups is 2. The summed E-state index contributed by atoms with van der Waals surface area (Å²) >= 11 is 6.02. The molecule has 3 N–H and O–H groups in total. The third-order valence-electron chi connectivity index (χ3n) is 4.43. The number of aliphatic hydroxyl groups excluding tert-OH is 2. The van der Waals surface area contributed by atoms with Crippen molar-refractivity contribution >= 4 is 23.2 Å². The summed E-state index contributed by atoms with van der Waals surface area (Å²) < 4.78 is 11.0. The van der Waals surface area contributed by atoms with Crippen LogP contribution in [0, 0.1) is 10.1 Å². The number of hydrogen-bond acceptors (Lipinski definition) is 7. The minimum absolute atomic E-state index is 0.0351. The summed E-state index contributed by atoms with van der Waals surface area (Å²) in [5, 5.41) is 33.7. The van der Waals surface area contributed by atoms with Gasteiger partial charge in [0.25, 0.3) is 11.6 Å². The number of carbonyl (C=O) groups is 1. The first-order chi connectivity index (χ1) is 14.9. The number of benzene rings is 2. The van der Waals surface area contributed by atoms with Gasteiger partial charge in [-0.05, 0) is 42.0 Å². The molecule has 1 aromatic heterocycles. The molecule has 0 saturated carbocycles. The lowest BCUT2D eigenvalue weighted by molar-refractivity contribution is -0.384. The Hall–Kier alpha value is -3.40. The lowest BCUT2D eigenvalue weighted by atomic mass is 10.0. The van der Waals surface area contributed by atoms with E-state index in [1.54, 1.807) is 30.3 Å². The van der Waals surface area contributed by atoms with E-state index in [1.165, 1.54) is 30.3 Å². The third kappa shape index (κ3) is 5.60. The molecule has 0 aliphatic carbocycles. The van der Waals surface area contributed by atoms with Crippen LogP contribution in [-0.2, 0) is 6.61 Å². The molecule has 162 valence electrons. The Balaban J connectivity index is 1.61. The summed E-state index contributed by atoms with van der Waals surface area (Å²) in [7, 11) is 0. The Morgan fingerprint density at radius 2 is 1.87 bits per heavy atom. The highest BCUT2D eigenvalue weighted by Gasteiger charge is 2.24. The molecule has 0 aliphatic heterocycles. The number of furan rings is 1. The Bertz CT molecular complexity index is 1050. The molecular weight excluding hydrogens is 428 g/mol. The van der Waals surface area contributed by atoms with Crippen molar-refractivity contribution in [2.75, 3.05) is 6.61 Å². The molecule has 9 nitrogen and oxygen atoms in total. The summed E-state index contributed by atoms with van der Waals surface area (Å²) in [6, 6.07) is 14.0. The second-order valence-corrected chi connectivity index (χ2v) is 6.95. The summed E-state index contributed by atoms with van der Waals surface area (Å²) in [5.41, 5.74) is 0.167. The van der Waals surface area contributed by atoms with Gasteiger partial charge >= 0.3 is 0 Å². The number of amides is 1. The van der Waals surface area contributed by atoms with Crippen LogP contribution in [0.15, 0.2) is 65.1 Å². The van der Waals surface area contributed by atoms with Crippen molar-refractivity contribution in [2.24, 2.45) is 0 Å². The zero-order chi connectivity index (χ0) is 22.4. The lowest BCUT2D eigenvalue weighted by Gasteiger charge is -2.22. The van der Waals surface area contributed by atoms with E-state index < -0.39 is 29.6 Å². The predicted molar refractivity (Wildman–Crippen MR) is 111 cm³/mol. The van der Waals surface area contributed by atoms with Crippen molar-refractivity contribution in [3.8, 4) is 5.75 Å². The van der Waals surface area contributed by atoms with E-state index in [0.29, 0.717) is 22.1 Å². The van der Waals surface area contributed by atoms with E-state index in [2.05, 4.69) is 5.32 Å². The fraction of sp³-hybridized carbons (Fsp3) is 0.190. The first kappa shape index (κ1) is 22.3. The molecule has 2 aromatic carbocycles. The minimum atomic E-state index is -1.28.